The first-order valence-corrected chi connectivity index (χ1v) is 4.49. The van der Waals surface area contributed by atoms with Gasteiger partial charge < -0.3 is 14.2 Å². The van der Waals surface area contributed by atoms with Crippen LogP contribution in [0.15, 0.2) is 16.9 Å². The van der Waals surface area contributed by atoms with E-state index in [-0.39, 0.29) is 6.15 Å². The van der Waals surface area contributed by atoms with Crippen molar-refractivity contribution in [3.05, 3.63) is 12.5 Å². The first kappa shape index (κ1) is 11.4. The first-order chi connectivity index (χ1) is 7.19. The molecule has 2 rings (SSSR count). The third-order valence-electron chi connectivity index (χ3n) is 2.28. The lowest BCUT2D eigenvalue weighted by atomic mass is 10.1. The highest BCUT2D eigenvalue weighted by Gasteiger charge is 2.30. The lowest BCUT2D eigenvalue weighted by Gasteiger charge is -2.41. The van der Waals surface area contributed by atoms with Crippen LogP contribution in [0.1, 0.15) is 0 Å². The molecule has 0 atom stereocenters. The number of anilines is 1. The Morgan fingerprint density at radius 3 is 2.53 bits per heavy atom. The van der Waals surface area contributed by atoms with E-state index in [2.05, 4.69) is 28.9 Å². The third kappa shape index (κ3) is 2.90. The zero-order valence-electron chi connectivity index (χ0n) is 8.71. The molecule has 0 amide bonds. The first-order valence-electron chi connectivity index (χ1n) is 4.49. The maximum absolute atomic E-state index is 8.12. The van der Waals surface area contributed by atoms with Gasteiger partial charge in [0, 0.05) is 19.1 Å². The van der Waals surface area contributed by atoms with Gasteiger partial charge in [-0.15, -0.1) is 0 Å². The SMILES string of the molecule is CN(C)C1CN(c2ncco2)C1.O=C=O. The third-order valence-corrected chi connectivity index (χ3v) is 2.28. The molecule has 0 aliphatic carbocycles. The summed E-state index contributed by atoms with van der Waals surface area (Å²) in [5.74, 6) is 0. The molecule has 1 aromatic rings. The Hall–Kier alpha value is -1.65. The monoisotopic (exact) mass is 211 g/mol. The Bertz CT molecular complexity index is 311. The summed E-state index contributed by atoms with van der Waals surface area (Å²) in [6.07, 6.45) is 3.54. The van der Waals surface area contributed by atoms with E-state index in [1.54, 1.807) is 12.5 Å². The fraction of sp³-hybridized carbons (Fsp3) is 0.556. The second kappa shape index (κ2) is 5.29. The van der Waals surface area contributed by atoms with E-state index in [9.17, 15) is 0 Å². The molecule has 6 heteroatoms. The molecule has 82 valence electrons. The van der Waals surface area contributed by atoms with Gasteiger partial charge in [-0.1, -0.05) is 0 Å². The Morgan fingerprint density at radius 2 is 2.13 bits per heavy atom. The smallest absolute Gasteiger partial charge is 0.373 e. The van der Waals surface area contributed by atoms with Gasteiger partial charge in [0.2, 0.25) is 0 Å². The molecule has 0 spiro atoms. The second-order valence-electron chi connectivity index (χ2n) is 3.42. The van der Waals surface area contributed by atoms with Crippen LogP contribution in [0.3, 0.4) is 0 Å². The van der Waals surface area contributed by atoms with Crippen LogP contribution in [0.25, 0.3) is 0 Å². The van der Waals surface area contributed by atoms with Crippen LogP contribution < -0.4 is 4.90 Å². The number of nitrogens with zero attached hydrogens (tertiary/aromatic N) is 3. The molecular weight excluding hydrogens is 198 g/mol. The quantitative estimate of drug-likeness (QED) is 0.677. The van der Waals surface area contributed by atoms with Crippen molar-refractivity contribution in [1.29, 1.82) is 0 Å². The summed E-state index contributed by atoms with van der Waals surface area (Å²) in [6, 6.07) is 1.39. The van der Waals surface area contributed by atoms with Gasteiger partial charge in [-0.05, 0) is 14.1 Å². The van der Waals surface area contributed by atoms with Crippen LogP contribution in [0, 0.1) is 0 Å². The molecule has 1 aromatic heterocycles. The van der Waals surface area contributed by atoms with E-state index >= 15 is 0 Å². The van der Waals surface area contributed by atoms with Crippen LogP contribution in [0.5, 0.6) is 0 Å². The normalized spacial score (nSPS) is 15.3. The zero-order chi connectivity index (χ0) is 11.3. The largest absolute Gasteiger partial charge is 0.432 e. The average Bonchev–Trinajstić information content (AvgIpc) is 2.54. The van der Waals surface area contributed by atoms with Gasteiger partial charge in [-0.2, -0.15) is 9.59 Å². The summed E-state index contributed by atoms with van der Waals surface area (Å²) in [7, 11) is 4.19. The molecule has 0 aromatic carbocycles. The van der Waals surface area contributed by atoms with E-state index in [1.807, 2.05) is 0 Å². The van der Waals surface area contributed by atoms with Crippen LogP contribution in [0.4, 0.5) is 6.01 Å². The highest BCUT2D eigenvalue weighted by Crippen LogP contribution is 2.19. The fourth-order valence-corrected chi connectivity index (χ4v) is 1.31. The van der Waals surface area contributed by atoms with Crippen LogP contribution in [-0.2, 0) is 9.59 Å². The number of carbonyl (C=O) groups excluding carboxylic acids is 2. The van der Waals surface area contributed by atoms with E-state index in [0.29, 0.717) is 6.04 Å². The summed E-state index contributed by atoms with van der Waals surface area (Å²) < 4.78 is 5.16. The summed E-state index contributed by atoms with van der Waals surface area (Å²) in [4.78, 5) is 24.7. The number of aromatic nitrogens is 1. The fourth-order valence-electron chi connectivity index (χ4n) is 1.31. The second-order valence-corrected chi connectivity index (χ2v) is 3.42. The summed E-state index contributed by atoms with van der Waals surface area (Å²) >= 11 is 0. The Labute approximate surface area is 87.5 Å². The van der Waals surface area contributed by atoms with Gasteiger partial charge in [0.25, 0.3) is 6.01 Å². The maximum atomic E-state index is 8.12. The van der Waals surface area contributed by atoms with Crippen molar-refractivity contribution in [3.63, 3.8) is 0 Å². The van der Waals surface area contributed by atoms with Crippen molar-refractivity contribution in [2.75, 3.05) is 32.1 Å². The molecule has 6 nitrogen and oxygen atoms in total. The van der Waals surface area contributed by atoms with Gasteiger partial charge in [-0.3, -0.25) is 0 Å². The van der Waals surface area contributed by atoms with Gasteiger partial charge in [-0.25, -0.2) is 4.98 Å². The number of likely N-dealkylation sites (N-methyl/N-ethyl adjacent to an activating group) is 1. The number of oxazole rings is 1. The molecule has 1 fully saturated rings. The van der Waals surface area contributed by atoms with Crippen LogP contribution >= 0.6 is 0 Å². The van der Waals surface area contributed by atoms with Gasteiger partial charge in [0.05, 0.1) is 6.20 Å². The van der Waals surface area contributed by atoms with Gasteiger partial charge in [0.15, 0.2) is 0 Å². The Kier molecular flexibility index (Phi) is 4.03. The molecule has 1 aliphatic rings. The van der Waals surface area contributed by atoms with Crippen molar-refractivity contribution >= 4 is 12.2 Å². The molecule has 15 heavy (non-hydrogen) atoms. The predicted octanol–water partition coefficient (Wildman–Crippen LogP) is -0.159. The molecule has 0 N–H and O–H groups in total. The molecule has 1 saturated heterocycles. The number of hydrogen-bond donors (Lipinski definition) is 0. The highest BCUT2D eigenvalue weighted by atomic mass is 16.4. The minimum atomic E-state index is 0.250. The van der Waals surface area contributed by atoms with E-state index < -0.39 is 0 Å². The molecule has 1 aliphatic heterocycles. The molecule has 0 bridgehead atoms. The lowest BCUT2D eigenvalue weighted by molar-refractivity contribution is -0.191. The topological polar surface area (TPSA) is 66.7 Å². The molecular formula is C9H13N3O3. The Balaban J connectivity index is 0.000000337. The standard InChI is InChI=1S/C8H13N3O.CO2/c1-10(2)7-5-11(6-7)8-9-3-4-12-8;2-1-3/h3-4,7H,5-6H2,1-2H3;. The van der Waals surface area contributed by atoms with Gasteiger partial charge in [0.1, 0.15) is 6.26 Å². The molecule has 0 saturated carbocycles. The van der Waals surface area contributed by atoms with E-state index in [4.69, 9.17) is 14.0 Å². The predicted molar refractivity (Wildman–Crippen MR) is 51.2 cm³/mol. The van der Waals surface area contributed by atoms with Crippen molar-refractivity contribution < 1.29 is 14.0 Å². The number of rotatable bonds is 2. The number of hydrogen-bond acceptors (Lipinski definition) is 6. The van der Waals surface area contributed by atoms with Crippen molar-refractivity contribution in [2.45, 2.75) is 6.04 Å². The minimum Gasteiger partial charge on any atom is -0.432 e. The Morgan fingerprint density at radius 1 is 1.53 bits per heavy atom. The van der Waals surface area contributed by atoms with E-state index in [1.165, 1.54) is 0 Å². The highest BCUT2D eigenvalue weighted by molar-refractivity contribution is 5.31. The van der Waals surface area contributed by atoms with Crippen molar-refractivity contribution in [2.24, 2.45) is 0 Å². The molecule has 0 unspecified atom stereocenters. The summed E-state index contributed by atoms with van der Waals surface area (Å²) in [5, 5.41) is 0. The van der Waals surface area contributed by atoms with E-state index in [0.717, 1.165) is 19.1 Å². The minimum absolute atomic E-state index is 0.250. The average molecular weight is 211 g/mol. The summed E-state index contributed by atoms with van der Waals surface area (Å²) in [6.45, 7) is 2.04. The van der Waals surface area contributed by atoms with Crippen LogP contribution in [0.2, 0.25) is 0 Å². The maximum Gasteiger partial charge on any atom is 0.373 e. The summed E-state index contributed by atoms with van der Waals surface area (Å²) in [5.41, 5.74) is 0. The van der Waals surface area contributed by atoms with Crippen molar-refractivity contribution in [1.82, 2.24) is 9.88 Å². The molecule has 0 radical (unpaired) electrons. The van der Waals surface area contributed by atoms with Crippen molar-refractivity contribution in [3.8, 4) is 0 Å². The zero-order valence-corrected chi connectivity index (χ0v) is 8.71. The van der Waals surface area contributed by atoms with Crippen LogP contribution in [-0.4, -0.2) is 49.3 Å². The lowest BCUT2D eigenvalue weighted by Crippen LogP contribution is -2.57. The van der Waals surface area contributed by atoms with Gasteiger partial charge >= 0.3 is 6.15 Å². The molecule has 2 heterocycles.